The van der Waals surface area contributed by atoms with Crippen molar-refractivity contribution in [1.82, 2.24) is 0 Å². The average Bonchev–Trinajstić information content (AvgIpc) is 2.46. The second kappa shape index (κ2) is 19.9. The molecule has 6 heteroatoms. The second-order valence-corrected chi connectivity index (χ2v) is 5.49. The van der Waals surface area contributed by atoms with E-state index in [2.05, 4.69) is 11.5 Å². The van der Waals surface area contributed by atoms with Crippen LogP contribution in [0.2, 0.25) is 0 Å². The van der Waals surface area contributed by atoms with Crippen LogP contribution < -0.4 is 21.7 Å². The highest BCUT2D eigenvalue weighted by Crippen LogP contribution is 2.09. The Bertz CT molecular complexity index is 237. The maximum atomic E-state index is 10.1. The van der Waals surface area contributed by atoms with Gasteiger partial charge in [0, 0.05) is 11.9 Å². The largest absolute Gasteiger partial charge is 0.550 e. The molecule has 22 heavy (non-hydrogen) atoms. The van der Waals surface area contributed by atoms with Gasteiger partial charge in [0.25, 0.3) is 0 Å². The van der Waals surface area contributed by atoms with Crippen molar-refractivity contribution >= 4 is 11.9 Å². The normalized spacial score (nSPS) is 9.91. The van der Waals surface area contributed by atoms with E-state index in [9.17, 15) is 19.8 Å². The quantitative estimate of drug-likeness (QED) is 0.382. The molecule has 0 amide bonds. The molecule has 0 aliphatic heterocycles. The minimum Gasteiger partial charge on any atom is -0.550 e. The van der Waals surface area contributed by atoms with E-state index >= 15 is 0 Å². The summed E-state index contributed by atoms with van der Waals surface area (Å²) in [6.45, 7) is 2.17. The monoisotopic (exact) mass is 318 g/mol. The lowest BCUT2D eigenvalue weighted by molar-refractivity contribution is -0.374. The average molecular weight is 318 g/mol. The van der Waals surface area contributed by atoms with Gasteiger partial charge in [0.05, 0.1) is 13.1 Å². The van der Waals surface area contributed by atoms with E-state index < -0.39 is 11.9 Å². The summed E-state index contributed by atoms with van der Waals surface area (Å²) in [6, 6.07) is 0. The summed E-state index contributed by atoms with van der Waals surface area (Å²) in [5.41, 5.74) is 7.47. The van der Waals surface area contributed by atoms with Gasteiger partial charge in [-0.05, 0) is 44.9 Å². The van der Waals surface area contributed by atoms with Gasteiger partial charge in [-0.25, -0.2) is 0 Å². The van der Waals surface area contributed by atoms with Gasteiger partial charge in [0.2, 0.25) is 0 Å². The molecule has 0 aliphatic carbocycles. The number of rotatable bonds is 14. The number of carbonyl (C=O) groups excluding carboxylic acids is 2. The number of carboxylic acid groups (broad SMARTS) is 2. The standard InChI is InChI=1S/C11H20O4.C5H14N2/c12-10(13)8-6-4-2-1-3-5-7-9-11(14)15;6-4-2-1-3-5-7/h1-9H2,(H,12,13)(H,14,15);1-7H2. The molecule has 0 aliphatic rings. The van der Waals surface area contributed by atoms with Crippen molar-refractivity contribution in [1.29, 1.82) is 0 Å². The molecular weight excluding hydrogens is 284 g/mol. The molecule has 0 aromatic rings. The van der Waals surface area contributed by atoms with Crippen molar-refractivity contribution in [3.05, 3.63) is 0 Å². The fourth-order valence-corrected chi connectivity index (χ4v) is 1.95. The van der Waals surface area contributed by atoms with Gasteiger partial charge in [-0.15, -0.1) is 0 Å². The number of aliphatic carboxylic acids is 2. The molecule has 0 atom stereocenters. The maximum absolute atomic E-state index is 10.1. The van der Waals surface area contributed by atoms with Crippen LogP contribution in [0.5, 0.6) is 0 Å². The van der Waals surface area contributed by atoms with Crippen molar-refractivity contribution < 1.29 is 31.3 Å². The van der Waals surface area contributed by atoms with Crippen molar-refractivity contribution in [2.24, 2.45) is 0 Å². The number of carbonyl (C=O) groups is 2. The highest BCUT2D eigenvalue weighted by molar-refractivity contribution is 5.64. The number of unbranched alkanes of at least 4 members (excludes halogenated alkanes) is 8. The first-order valence-electron chi connectivity index (χ1n) is 8.52. The zero-order valence-corrected chi connectivity index (χ0v) is 13.9. The third-order valence-corrected chi connectivity index (χ3v) is 3.26. The van der Waals surface area contributed by atoms with Gasteiger partial charge in [-0.1, -0.05) is 32.1 Å². The van der Waals surface area contributed by atoms with E-state index in [1.807, 2.05) is 0 Å². The molecule has 0 fully saturated rings. The Morgan fingerprint density at radius 1 is 0.545 bits per heavy atom. The third-order valence-electron chi connectivity index (χ3n) is 3.26. The summed E-state index contributed by atoms with van der Waals surface area (Å²) in [4.78, 5) is 20.1. The molecule has 0 radical (unpaired) electrons. The van der Waals surface area contributed by atoms with Crippen molar-refractivity contribution in [3.63, 3.8) is 0 Å². The van der Waals surface area contributed by atoms with Crippen molar-refractivity contribution in [2.45, 2.75) is 77.0 Å². The molecule has 0 aromatic carbocycles. The van der Waals surface area contributed by atoms with Crippen LogP contribution in [-0.2, 0) is 9.59 Å². The molecule has 132 valence electrons. The van der Waals surface area contributed by atoms with Gasteiger partial charge in [0.15, 0.2) is 0 Å². The molecule has 0 rings (SSSR count). The van der Waals surface area contributed by atoms with E-state index in [1.165, 1.54) is 19.3 Å². The molecule has 0 spiro atoms. The summed E-state index contributed by atoms with van der Waals surface area (Å²) in [5.74, 6) is -1.96. The van der Waals surface area contributed by atoms with E-state index in [0.29, 0.717) is 12.8 Å². The lowest BCUT2D eigenvalue weighted by Gasteiger charge is -2.03. The summed E-state index contributed by atoms with van der Waals surface area (Å²) in [5, 5.41) is 20.1. The summed E-state index contributed by atoms with van der Waals surface area (Å²) in [7, 11) is 0. The Morgan fingerprint density at radius 2 is 0.818 bits per heavy atom. The van der Waals surface area contributed by atoms with Crippen LogP contribution in [0.1, 0.15) is 77.0 Å². The molecule has 6 N–H and O–H groups in total. The predicted molar refractivity (Wildman–Crippen MR) is 80.9 cm³/mol. The Morgan fingerprint density at radius 3 is 1.09 bits per heavy atom. The van der Waals surface area contributed by atoms with Crippen LogP contribution in [-0.4, -0.2) is 25.0 Å². The maximum Gasteiger partial charge on any atom is 0.0739 e. The zero-order valence-electron chi connectivity index (χ0n) is 13.9. The first-order chi connectivity index (χ1) is 10.5. The number of hydrogen-bond donors (Lipinski definition) is 2. The zero-order chi connectivity index (χ0) is 17.1. The van der Waals surface area contributed by atoms with E-state index in [0.717, 1.165) is 45.2 Å². The summed E-state index contributed by atoms with van der Waals surface area (Å²) < 4.78 is 0. The van der Waals surface area contributed by atoms with Crippen LogP contribution in [0.3, 0.4) is 0 Å². The first kappa shape index (κ1) is 23.1. The number of hydrogen-bond acceptors (Lipinski definition) is 4. The Kier molecular flexibility index (Phi) is 20.9. The molecule has 0 aromatic heterocycles. The van der Waals surface area contributed by atoms with Crippen molar-refractivity contribution in [3.8, 4) is 0 Å². The second-order valence-electron chi connectivity index (χ2n) is 5.49. The summed E-state index contributed by atoms with van der Waals surface area (Å²) >= 11 is 0. The molecule has 0 bridgehead atoms. The summed E-state index contributed by atoms with van der Waals surface area (Å²) in [6.07, 6.45) is 10.4. The molecule has 6 nitrogen and oxygen atoms in total. The highest BCUT2D eigenvalue weighted by Gasteiger charge is 1.93. The predicted octanol–water partition coefficient (Wildman–Crippen LogP) is -1.36. The smallest absolute Gasteiger partial charge is 0.0739 e. The Labute approximate surface area is 134 Å². The third kappa shape index (κ3) is 27.2. The van der Waals surface area contributed by atoms with E-state index in [1.54, 1.807) is 0 Å². The Balaban J connectivity index is 0. The SMILES string of the molecule is O=C([O-])CCCCCCCCCC(=O)[O-].[NH3+]CCCCC[NH3+]. The van der Waals surface area contributed by atoms with Gasteiger partial charge in [-0.2, -0.15) is 0 Å². The number of carboxylic acids is 2. The van der Waals surface area contributed by atoms with Crippen LogP contribution in [0.15, 0.2) is 0 Å². The van der Waals surface area contributed by atoms with Gasteiger partial charge in [0.1, 0.15) is 0 Å². The lowest BCUT2D eigenvalue weighted by atomic mass is 10.1. The topological polar surface area (TPSA) is 136 Å². The Hall–Kier alpha value is -1.14. The first-order valence-corrected chi connectivity index (χ1v) is 8.52. The molecule has 0 saturated heterocycles. The van der Waals surface area contributed by atoms with Crippen molar-refractivity contribution in [2.75, 3.05) is 13.1 Å². The van der Waals surface area contributed by atoms with Crippen LogP contribution in [0.25, 0.3) is 0 Å². The molecule has 0 heterocycles. The van der Waals surface area contributed by atoms with E-state index in [4.69, 9.17) is 0 Å². The fraction of sp³-hybridized carbons (Fsp3) is 0.875. The lowest BCUT2D eigenvalue weighted by Crippen LogP contribution is -2.51. The van der Waals surface area contributed by atoms with Gasteiger partial charge >= 0.3 is 0 Å². The molecule has 0 unspecified atom stereocenters. The van der Waals surface area contributed by atoms with Crippen LogP contribution in [0.4, 0.5) is 0 Å². The number of quaternary nitrogens is 2. The minimum atomic E-state index is -0.982. The van der Waals surface area contributed by atoms with Gasteiger partial charge < -0.3 is 31.3 Å². The van der Waals surface area contributed by atoms with E-state index in [-0.39, 0.29) is 12.8 Å². The molecular formula is C16H34N2O4. The van der Waals surface area contributed by atoms with Crippen LogP contribution >= 0.6 is 0 Å². The van der Waals surface area contributed by atoms with Gasteiger partial charge in [-0.3, -0.25) is 0 Å². The fourth-order valence-electron chi connectivity index (χ4n) is 1.95. The molecule has 0 saturated carbocycles. The van der Waals surface area contributed by atoms with Crippen LogP contribution in [0, 0.1) is 0 Å². The minimum absolute atomic E-state index is 0.144. The highest BCUT2D eigenvalue weighted by atomic mass is 16.4.